The van der Waals surface area contributed by atoms with E-state index in [9.17, 15) is 14.7 Å². The summed E-state index contributed by atoms with van der Waals surface area (Å²) < 4.78 is 11.2. The van der Waals surface area contributed by atoms with Gasteiger partial charge in [-0.15, -0.1) is 0 Å². The van der Waals surface area contributed by atoms with Crippen LogP contribution in [0.5, 0.6) is 5.75 Å². The van der Waals surface area contributed by atoms with Crippen LogP contribution in [0.15, 0.2) is 57.2 Å². The van der Waals surface area contributed by atoms with Gasteiger partial charge in [0, 0.05) is 51.0 Å². The number of hydrogen-bond donors (Lipinski definition) is 5. The number of hydrogen-bond acceptors (Lipinski definition) is 10. The van der Waals surface area contributed by atoms with Gasteiger partial charge in [0.1, 0.15) is 24.0 Å². The maximum atomic E-state index is 12.5. The second-order valence-corrected chi connectivity index (χ2v) is 12.2. The Bertz CT molecular complexity index is 1540. The van der Waals surface area contributed by atoms with Crippen molar-refractivity contribution in [1.29, 1.82) is 0 Å². The lowest BCUT2D eigenvalue weighted by Crippen LogP contribution is -2.45. The molecule has 3 fully saturated rings. The number of amides is 1. The fraction of sp³-hybridized carbons (Fsp3) is 0.452. The number of anilines is 1. The lowest BCUT2D eigenvalue weighted by atomic mass is 10.0. The highest BCUT2D eigenvalue weighted by Gasteiger charge is 2.24. The van der Waals surface area contributed by atoms with Crippen molar-refractivity contribution >= 4 is 45.6 Å². The average molecular weight is 622 g/mol. The van der Waals surface area contributed by atoms with Crippen LogP contribution in [0, 0.1) is 0 Å². The molecular weight excluding hydrogens is 582 g/mol. The Morgan fingerprint density at radius 1 is 1.09 bits per heavy atom. The second kappa shape index (κ2) is 14.4. The Balaban J connectivity index is 0.919. The van der Waals surface area contributed by atoms with Gasteiger partial charge in [0.05, 0.1) is 30.2 Å². The molecule has 234 valence electrons. The van der Waals surface area contributed by atoms with E-state index in [1.54, 1.807) is 18.2 Å². The van der Waals surface area contributed by atoms with Gasteiger partial charge in [-0.3, -0.25) is 14.7 Å². The van der Waals surface area contributed by atoms with Crippen molar-refractivity contribution < 1.29 is 19.4 Å². The van der Waals surface area contributed by atoms with Crippen molar-refractivity contribution in [2.45, 2.75) is 25.0 Å². The van der Waals surface area contributed by atoms with E-state index >= 15 is 0 Å². The molecule has 1 amide bonds. The molecule has 12 nitrogen and oxygen atoms in total. The molecule has 1 atom stereocenters. The predicted molar refractivity (Wildman–Crippen MR) is 173 cm³/mol. The SMILES string of the molecule is O=C1NC(=NCCN2CCOCC2)S/C1=C/c1ccc(N2CCC(NC[C@H](O)COc3cccc4[nH]c(=O)[nH]c34)CC2)cc1. The van der Waals surface area contributed by atoms with E-state index in [1.807, 2.05) is 18.2 Å². The monoisotopic (exact) mass is 621 g/mol. The highest BCUT2D eigenvalue weighted by molar-refractivity contribution is 8.18. The Labute approximate surface area is 259 Å². The van der Waals surface area contributed by atoms with Gasteiger partial charge in [0.25, 0.3) is 5.91 Å². The van der Waals surface area contributed by atoms with Crippen LogP contribution in [-0.2, 0) is 9.53 Å². The molecule has 1 aromatic heterocycles. The van der Waals surface area contributed by atoms with Gasteiger partial charge >= 0.3 is 5.69 Å². The summed E-state index contributed by atoms with van der Waals surface area (Å²) in [5, 5.41) is 17.5. The second-order valence-electron chi connectivity index (χ2n) is 11.2. The van der Waals surface area contributed by atoms with Crippen LogP contribution < -0.4 is 26.0 Å². The third-order valence-electron chi connectivity index (χ3n) is 8.06. The van der Waals surface area contributed by atoms with Gasteiger partial charge in [-0.05, 0) is 60.5 Å². The van der Waals surface area contributed by atoms with E-state index in [1.165, 1.54) is 11.8 Å². The number of nitrogens with zero attached hydrogens (tertiary/aromatic N) is 3. The third kappa shape index (κ3) is 7.90. The number of para-hydroxylation sites is 1. The number of carbonyl (C=O) groups excluding carboxylic acids is 1. The molecule has 3 saturated heterocycles. The van der Waals surface area contributed by atoms with Crippen LogP contribution in [0.4, 0.5) is 5.69 Å². The molecule has 3 aliphatic heterocycles. The molecule has 5 N–H and O–H groups in total. The number of carbonyl (C=O) groups is 1. The number of amidine groups is 1. The van der Waals surface area contributed by atoms with Crippen molar-refractivity contribution in [2.75, 3.05) is 70.5 Å². The Hall–Kier alpha value is -3.62. The minimum Gasteiger partial charge on any atom is -0.489 e. The van der Waals surface area contributed by atoms with Crippen molar-refractivity contribution in [1.82, 2.24) is 25.5 Å². The number of imidazole rings is 1. The number of aliphatic hydroxyl groups is 1. The van der Waals surface area contributed by atoms with E-state index in [-0.39, 0.29) is 18.2 Å². The molecule has 0 radical (unpaired) electrons. The van der Waals surface area contributed by atoms with Crippen LogP contribution >= 0.6 is 11.8 Å². The minimum atomic E-state index is -0.673. The summed E-state index contributed by atoms with van der Waals surface area (Å²) in [6, 6.07) is 14.0. The quantitative estimate of drug-likeness (QED) is 0.202. The maximum absolute atomic E-state index is 12.5. The average Bonchev–Trinajstić information content (AvgIpc) is 3.60. The summed E-state index contributed by atoms with van der Waals surface area (Å²) in [7, 11) is 0. The number of thioether (sulfide) groups is 1. The molecule has 44 heavy (non-hydrogen) atoms. The van der Waals surface area contributed by atoms with E-state index in [4.69, 9.17) is 9.47 Å². The zero-order valence-electron chi connectivity index (χ0n) is 24.6. The maximum Gasteiger partial charge on any atom is 0.323 e. The minimum absolute atomic E-state index is 0.107. The number of benzene rings is 2. The number of nitrogens with one attached hydrogen (secondary N) is 4. The van der Waals surface area contributed by atoms with E-state index in [0.717, 1.165) is 70.0 Å². The molecule has 0 aliphatic carbocycles. The topological polar surface area (TPSA) is 147 Å². The highest BCUT2D eigenvalue weighted by atomic mass is 32.2. The number of aromatic amines is 2. The lowest BCUT2D eigenvalue weighted by Gasteiger charge is -2.34. The molecule has 3 aromatic rings. The molecule has 13 heteroatoms. The number of aromatic nitrogens is 2. The number of rotatable bonds is 11. The predicted octanol–water partition coefficient (Wildman–Crippen LogP) is 1.75. The molecule has 0 unspecified atom stereocenters. The Morgan fingerprint density at radius 3 is 2.68 bits per heavy atom. The first-order valence-electron chi connectivity index (χ1n) is 15.2. The highest BCUT2D eigenvalue weighted by Crippen LogP contribution is 2.27. The van der Waals surface area contributed by atoms with Crippen LogP contribution in [0.3, 0.4) is 0 Å². The Kier molecular flexibility index (Phi) is 9.98. The molecule has 0 spiro atoms. The number of morpholine rings is 1. The molecule has 6 rings (SSSR count). The van der Waals surface area contributed by atoms with Crippen LogP contribution in [0.25, 0.3) is 17.1 Å². The zero-order chi connectivity index (χ0) is 30.3. The van der Waals surface area contributed by atoms with Crippen LogP contribution in [0.1, 0.15) is 18.4 Å². The number of fused-ring (bicyclic) bond motifs is 1. The summed E-state index contributed by atoms with van der Waals surface area (Å²) in [5.74, 6) is 0.430. The number of ether oxygens (including phenoxy) is 2. The first kappa shape index (κ1) is 30.4. The third-order valence-corrected chi connectivity index (χ3v) is 9.01. The van der Waals surface area contributed by atoms with Gasteiger partial charge in [-0.2, -0.15) is 0 Å². The fourth-order valence-electron chi connectivity index (χ4n) is 5.59. The number of H-pyrrole nitrogens is 2. The molecule has 0 bridgehead atoms. The van der Waals surface area contributed by atoms with Crippen LogP contribution in [0.2, 0.25) is 0 Å². The number of aliphatic hydroxyl groups excluding tert-OH is 1. The van der Waals surface area contributed by atoms with Gasteiger partial charge in [-0.25, -0.2) is 4.79 Å². The van der Waals surface area contributed by atoms with Crippen molar-refractivity contribution in [3.63, 3.8) is 0 Å². The van der Waals surface area contributed by atoms with Crippen molar-refractivity contribution in [3.05, 3.63) is 63.4 Å². The number of piperidine rings is 1. The van der Waals surface area contributed by atoms with Crippen molar-refractivity contribution in [2.24, 2.45) is 4.99 Å². The summed E-state index contributed by atoms with van der Waals surface area (Å²) in [5.41, 5.74) is 3.13. The Morgan fingerprint density at radius 2 is 1.89 bits per heavy atom. The first-order valence-corrected chi connectivity index (χ1v) is 16.0. The lowest BCUT2D eigenvalue weighted by molar-refractivity contribution is -0.115. The standard InChI is InChI=1S/C31H39N7O5S/c39-24(20-43-26-3-1-2-25-28(26)35-30(41)34-25)19-33-22-8-11-38(12-9-22)23-6-4-21(5-7-23)18-27-29(40)36-31(44-27)32-10-13-37-14-16-42-17-15-37/h1-7,18,22,24,33,39H,8-17,19-20H2,(H,32,36,40)(H2,34,35,41)/b27-18+/t24-/m0/s1. The summed E-state index contributed by atoms with van der Waals surface area (Å²) in [4.78, 5) is 39.4. The summed E-state index contributed by atoms with van der Waals surface area (Å²) >= 11 is 1.39. The van der Waals surface area contributed by atoms with Gasteiger partial charge in [-0.1, -0.05) is 18.2 Å². The van der Waals surface area contributed by atoms with Gasteiger partial charge in [0.15, 0.2) is 5.17 Å². The number of aliphatic imine (C=N–C) groups is 1. The van der Waals surface area contributed by atoms with Crippen LogP contribution in [-0.4, -0.2) is 109 Å². The summed E-state index contributed by atoms with van der Waals surface area (Å²) in [6.45, 7) is 7.30. The summed E-state index contributed by atoms with van der Waals surface area (Å²) in [6.07, 6.45) is 3.17. The van der Waals surface area contributed by atoms with Gasteiger partial charge < -0.3 is 40.1 Å². The van der Waals surface area contributed by atoms with E-state index < -0.39 is 6.10 Å². The smallest absolute Gasteiger partial charge is 0.323 e. The molecular formula is C31H39N7O5S. The molecule has 2 aromatic carbocycles. The first-order chi connectivity index (χ1) is 21.5. The largest absolute Gasteiger partial charge is 0.489 e. The molecule has 0 saturated carbocycles. The fourth-order valence-corrected chi connectivity index (χ4v) is 6.44. The molecule has 4 heterocycles. The van der Waals surface area contributed by atoms with Crippen molar-refractivity contribution in [3.8, 4) is 5.75 Å². The van der Waals surface area contributed by atoms with Gasteiger partial charge in [0.2, 0.25) is 0 Å². The van der Waals surface area contributed by atoms with E-state index in [0.29, 0.717) is 46.0 Å². The zero-order valence-corrected chi connectivity index (χ0v) is 25.4. The normalized spacial score (nSPS) is 20.9. The molecule has 3 aliphatic rings. The van der Waals surface area contributed by atoms with E-state index in [2.05, 4.69) is 47.5 Å².